The van der Waals surface area contributed by atoms with Gasteiger partial charge in [0.05, 0.1) is 74.2 Å². The minimum absolute atomic E-state index is 0.176. The topological polar surface area (TPSA) is 404 Å². The monoisotopic (exact) mass is 1440 g/mol. The molecule has 6 aromatic carbocycles. The van der Waals surface area contributed by atoms with Gasteiger partial charge in [-0.2, -0.15) is 13.1 Å². The second-order valence-electron chi connectivity index (χ2n) is 20.6. The number of amides is 1. The van der Waals surface area contributed by atoms with Crippen LogP contribution in [0.5, 0.6) is 0 Å². The summed E-state index contributed by atoms with van der Waals surface area (Å²) in [4.78, 5) is 117. The van der Waals surface area contributed by atoms with Gasteiger partial charge < -0.3 is 58.6 Å². The van der Waals surface area contributed by atoms with E-state index in [0.717, 1.165) is 80.0 Å². The number of hydrogen-bond donors (Lipinski definition) is 4. The van der Waals surface area contributed by atoms with E-state index in [4.69, 9.17) is 58.7 Å². The van der Waals surface area contributed by atoms with Gasteiger partial charge in [0.15, 0.2) is 0 Å². The Morgan fingerprint density at radius 3 is 0.990 bits per heavy atom. The Morgan fingerprint density at radius 2 is 0.730 bits per heavy atom. The van der Waals surface area contributed by atoms with E-state index in [9.17, 15) is 47.9 Å². The molecule has 10 heterocycles. The third-order valence-electron chi connectivity index (χ3n) is 13.8. The van der Waals surface area contributed by atoms with Gasteiger partial charge in [-0.05, 0) is 158 Å². The number of ether oxygens (including phenoxy) is 7. The number of aromatic carboxylic acids is 1. The number of aromatic nitrogens is 4. The summed E-state index contributed by atoms with van der Waals surface area (Å²) >= 11 is 5.02. The van der Waals surface area contributed by atoms with Crippen molar-refractivity contribution in [3.63, 3.8) is 0 Å². The molecule has 514 valence electrons. The first kappa shape index (κ1) is 74.0. The predicted octanol–water partition coefficient (Wildman–Crippen LogP) is 11.0. The van der Waals surface area contributed by atoms with Gasteiger partial charge in [-0.15, -0.1) is 4.37 Å². The number of fused-ring (bicyclic) bond motifs is 6. The zero-order valence-corrected chi connectivity index (χ0v) is 56.4. The number of hydrogen-bond acceptors (Lipinski definition) is 28. The lowest BCUT2D eigenvalue weighted by Crippen LogP contribution is -2.11. The van der Waals surface area contributed by atoms with Crippen molar-refractivity contribution in [2.45, 2.75) is 67.3 Å². The molecule has 0 saturated carbocycles. The molecular formula is C69H57N5O22S4. The van der Waals surface area contributed by atoms with E-state index >= 15 is 0 Å². The summed E-state index contributed by atoms with van der Waals surface area (Å²) in [5.74, 6) is -3.99. The Balaban J connectivity index is 0.000000148. The predicted molar refractivity (Wildman–Crippen MR) is 360 cm³/mol. The minimum atomic E-state index is -0.998. The Kier molecular flexibility index (Phi) is 26.3. The number of carboxylic acids is 2. The van der Waals surface area contributed by atoms with Crippen molar-refractivity contribution in [3.05, 3.63) is 231 Å². The molecule has 0 aliphatic carbocycles. The fraction of sp³-hybridized carbons (Fsp3) is 0.174. The van der Waals surface area contributed by atoms with E-state index in [0.29, 0.717) is 76.5 Å². The number of esters is 7. The van der Waals surface area contributed by atoms with Gasteiger partial charge in [-0.1, -0.05) is 18.2 Å². The van der Waals surface area contributed by atoms with Crippen LogP contribution < -0.4 is 10.7 Å². The van der Waals surface area contributed by atoms with Crippen molar-refractivity contribution >= 4 is 106 Å². The van der Waals surface area contributed by atoms with Gasteiger partial charge in [0.1, 0.15) is 39.6 Å². The van der Waals surface area contributed by atoms with E-state index in [2.05, 4.69) is 22.2 Å². The van der Waals surface area contributed by atoms with Gasteiger partial charge in [0.25, 0.3) is 5.97 Å². The van der Waals surface area contributed by atoms with E-state index < -0.39 is 22.8 Å². The molecule has 0 spiro atoms. The summed E-state index contributed by atoms with van der Waals surface area (Å²) in [5.41, 5.74) is 20.8. The zero-order valence-electron chi connectivity index (χ0n) is 53.1. The van der Waals surface area contributed by atoms with Crippen LogP contribution in [0.3, 0.4) is 0 Å². The molecule has 5 N–H and O–H groups in total. The van der Waals surface area contributed by atoms with Crippen LogP contribution in [-0.4, -0.2) is 106 Å². The SMILES string of the molecule is CC(=O)O.CCO.CCOC(C)=O.NC(=O)c1ccc2c(c1)COC2=O.O=C(O)c1ccc2c(c1)COC2=O.O=C1OCc2cc(-c3ccsn3)ccc21.O=C1OCc2cc(-c3ccsn3)ccc21.O=C1OCc2cc(-c3ccsn3)ccc21.O=C1OCc2cc(-c3nsc(=O)o3)ccc21. The summed E-state index contributed by atoms with van der Waals surface area (Å²) in [7, 11) is 0. The minimum Gasteiger partial charge on any atom is -0.481 e. The standard InChI is InChI=1S/3C11H7NO2S.C10H5NO4S.C9H7NO3.C9H6O4.C4H8O2.C2H4O2.C2H6O/c3*13-11-9-2-1-7(5-8(9)6-14-11)10-3-4-15-12-10;12-9-7-2-1-5(3-6(7)4-14-9)8-11-16-10(13)15-8;2*10-8(11)5-1-2-7-6(3-5)4-13-9(7)12;1-3-6-4(2)5;1-2(3)4;1-2-3/h3*1-5H,6H2;1-3H,4H2;1-3H,4H2,(H2,10,11);1-3H,4H2,(H,10,11);3H2,1-2H3;1H3,(H,3,4);3H,2H2,1H3. The van der Waals surface area contributed by atoms with Crippen molar-refractivity contribution in [1.29, 1.82) is 0 Å². The number of primary amides is 1. The van der Waals surface area contributed by atoms with Crippen LogP contribution in [0, 0.1) is 0 Å². The number of nitrogens with zero attached hydrogens (tertiary/aromatic N) is 4. The Labute approximate surface area is 583 Å². The molecule has 16 rings (SSSR count). The van der Waals surface area contributed by atoms with Crippen molar-refractivity contribution in [2.24, 2.45) is 5.73 Å². The molecule has 0 saturated heterocycles. The van der Waals surface area contributed by atoms with E-state index in [-0.39, 0.29) is 79.7 Å². The van der Waals surface area contributed by atoms with Crippen LogP contribution in [0.4, 0.5) is 0 Å². The van der Waals surface area contributed by atoms with Gasteiger partial charge in [-0.25, -0.2) is 38.4 Å². The summed E-state index contributed by atoms with van der Waals surface area (Å²) in [6.45, 7) is 8.48. The molecule has 0 unspecified atom stereocenters. The average Bonchev–Trinajstić information content (AvgIpc) is 1.69. The van der Waals surface area contributed by atoms with Crippen molar-refractivity contribution in [2.75, 3.05) is 13.2 Å². The number of aliphatic hydroxyl groups excluding tert-OH is 1. The van der Waals surface area contributed by atoms with Crippen LogP contribution in [0.25, 0.3) is 45.2 Å². The largest absolute Gasteiger partial charge is 0.481 e. The number of rotatable bonds is 7. The molecule has 10 aromatic rings. The fourth-order valence-corrected chi connectivity index (χ4v) is 11.3. The number of carbonyl (C=O) groups is 10. The lowest BCUT2D eigenvalue weighted by molar-refractivity contribution is -0.140. The molecule has 0 fully saturated rings. The van der Waals surface area contributed by atoms with Crippen LogP contribution in [-0.2, 0) is 82.4 Å². The van der Waals surface area contributed by atoms with Crippen molar-refractivity contribution < 1.29 is 101 Å². The highest BCUT2D eigenvalue weighted by atomic mass is 32.1. The highest BCUT2D eigenvalue weighted by Gasteiger charge is 2.27. The third-order valence-corrected chi connectivity index (χ3v) is 16.0. The first-order valence-corrected chi connectivity index (χ1v) is 32.8. The Morgan fingerprint density at radius 1 is 0.440 bits per heavy atom. The lowest BCUT2D eigenvalue weighted by atomic mass is 10.0. The van der Waals surface area contributed by atoms with Gasteiger partial charge in [0.2, 0.25) is 11.8 Å². The fourth-order valence-electron chi connectivity index (χ4n) is 9.29. The Hall–Kier alpha value is -11.8. The zero-order chi connectivity index (χ0) is 72.0. The Bertz CT molecular complexity index is 4410. The molecule has 0 atom stereocenters. The molecule has 6 aliphatic heterocycles. The number of nitrogens with two attached hydrogens (primary N) is 1. The number of cyclic esters (lactones) is 6. The van der Waals surface area contributed by atoms with Gasteiger partial charge in [-0.3, -0.25) is 14.4 Å². The first-order valence-electron chi connectivity index (χ1n) is 29.5. The molecule has 0 radical (unpaired) electrons. The van der Waals surface area contributed by atoms with Gasteiger partial charge >= 0.3 is 52.7 Å². The number of aliphatic carboxylic acids is 1. The summed E-state index contributed by atoms with van der Waals surface area (Å²) in [6, 6.07) is 37.0. The van der Waals surface area contributed by atoms with E-state index in [1.165, 1.54) is 65.8 Å². The number of aliphatic hydroxyl groups is 1. The van der Waals surface area contributed by atoms with Gasteiger partial charge in [0, 0.05) is 97.8 Å². The maximum atomic E-state index is 11.2. The second-order valence-corrected chi connectivity index (χ2v) is 23.3. The van der Waals surface area contributed by atoms with Crippen molar-refractivity contribution in [1.82, 2.24) is 17.5 Å². The molecule has 4 aromatic heterocycles. The average molecular weight is 1440 g/mol. The van der Waals surface area contributed by atoms with Crippen molar-refractivity contribution in [3.8, 4) is 45.2 Å². The van der Waals surface area contributed by atoms with Crippen LogP contribution in [0.2, 0.25) is 0 Å². The summed E-state index contributed by atoms with van der Waals surface area (Å²) in [6.07, 6.45) is 0. The van der Waals surface area contributed by atoms with E-state index in [1.54, 1.807) is 62.4 Å². The molecule has 27 nitrogen and oxygen atoms in total. The quantitative estimate of drug-likeness (QED) is 0.0850. The lowest BCUT2D eigenvalue weighted by Gasteiger charge is -1.98. The summed E-state index contributed by atoms with van der Waals surface area (Å²) < 4.78 is 55.1. The highest BCUT2D eigenvalue weighted by Crippen LogP contribution is 2.31. The maximum absolute atomic E-state index is 11.2. The maximum Gasteiger partial charge on any atom is 0.414 e. The molecule has 31 heteroatoms. The smallest absolute Gasteiger partial charge is 0.414 e. The van der Waals surface area contributed by atoms with Crippen LogP contribution in [0.1, 0.15) is 144 Å². The normalized spacial score (nSPS) is 12.8. The third kappa shape index (κ3) is 19.9. The second kappa shape index (κ2) is 35.5. The molecular weight excluding hydrogens is 1380 g/mol. The summed E-state index contributed by atoms with van der Waals surface area (Å²) in [5, 5.41) is 29.4. The molecule has 6 aliphatic rings. The number of carboxylic acid groups (broad SMARTS) is 2. The first-order chi connectivity index (χ1) is 48.0. The number of benzene rings is 6. The van der Waals surface area contributed by atoms with Crippen LogP contribution >= 0.6 is 46.1 Å². The molecule has 1 amide bonds. The van der Waals surface area contributed by atoms with Crippen LogP contribution in [0.15, 0.2) is 153 Å². The highest BCUT2D eigenvalue weighted by molar-refractivity contribution is 7.04. The molecule has 0 bridgehead atoms. The van der Waals surface area contributed by atoms with E-state index in [1.807, 2.05) is 70.7 Å². The molecule has 100 heavy (non-hydrogen) atoms. The number of carbonyl (C=O) groups excluding carboxylic acids is 8.